The summed E-state index contributed by atoms with van der Waals surface area (Å²) in [5, 5.41) is 0. The lowest BCUT2D eigenvalue weighted by Gasteiger charge is -2.28. The van der Waals surface area contributed by atoms with E-state index < -0.39 is 0 Å². The van der Waals surface area contributed by atoms with Gasteiger partial charge >= 0.3 is 0 Å². The summed E-state index contributed by atoms with van der Waals surface area (Å²) in [7, 11) is 0. The van der Waals surface area contributed by atoms with Crippen LogP contribution >= 0.6 is 0 Å². The van der Waals surface area contributed by atoms with Crippen LogP contribution in [-0.4, -0.2) is 6.61 Å². The first-order valence-corrected chi connectivity index (χ1v) is 9.22. The summed E-state index contributed by atoms with van der Waals surface area (Å²) in [5.41, 5.74) is 2.80. The normalized spacial score (nSPS) is 21.6. The average Bonchev–Trinajstić information content (AvgIpc) is 2.61. The van der Waals surface area contributed by atoms with Gasteiger partial charge in [-0.05, 0) is 74.8 Å². The van der Waals surface area contributed by atoms with Crippen LogP contribution < -0.4 is 0 Å². The van der Waals surface area contributed by atoms with Crippen LogP contribution in [0.15, 0.2) is 49.1 Å². The maximum absolute atomic E-state index is 5.70. The third kappa shape index (κ3) is 6.35. The molecule has 126 valence electrons. The highest BCUT2D eigenvalue weighted by Gasteiger charge is 2.21. The van der Waals surface area contributed by atoms with Gasteiger partial charge < -0.3 is 4.74 Å². The van der Waals surface area contributed by atoms with Crippen molar-refractivity contribution in [2.24, 2.45) is 5.92 Å². The lowest BCUT2D eigenvalue weighted by molar-refractivity contribution is 0.125. The zero-order chi connectivity index (χ0) is 16.3. The van der Waals surface area contributed by atoms with Crippen LogP contribution in [0.4, 0.5) is 0 Å². The van der Waals surface area contributed by atoms with Crippen molar-refractivity contribution >= 4 is 0 Å². The minimum atomic E-state index is 0.728. The monoisotopic (exact) mass is 312 g/mol. The van der Waals surface area contributed by atoms with Crippen LogP contribution in [0.5, 0.6) is 0 Å². The molecule has 1 aromatic rings. The van der Waals surface area contributed by atoms with E-state index in [4.69, 9.17) is 4.74 Å². The van der Waals surface area contributed by atoms with E-state index in [-0.39, 0.29) is 0 Å². The van der Waals surface area contributed by atoms with Crippen molar-refractivity contribution in [3.8, 4) is 0 Å². The maximum atomic E-state index is 5.70. The average molecular weight is 312 g/mol. The van der Waals surface area contributed by atoms with E-state index in [0.29, 0.717) is 0 Å². The van der Waals surface area contributed by atoms with Gasteiger partial charge in [0.25, 0.3) is 0 Å². The van der Waals surface area contributed by atoms with Crippen molar-refractivity contribution in [3.63, 3.8) is 0 Å². The lowest BCUT2D eigenvalue weighted by atomic mass is 9.77. The van der Waals surface area contributed by atoms with Gasteiger partial charge in [-0.25, -0.2) is 0 Å². The molecule has 1 fully saturated rings. The van der Waals surface area contributed by atoms with Crippen LogP contribution in [-0.2, 0) is 11.3 Å². The topological polar surface area (TPSA) is 9.23 Å². The van der Waals surface area contributed by atoms with E-state index in [9.17, 15) is 0 Å². The fourth-order valence-electron chi connectivity index (χ4n) is 3.53. The van der Waals surface area contributed by atoms with E-state index in [0.717, 1.165) is 31.5 Å². The molecule has 0 unspecified atom stereocenters. The van der Waals surface area contributed by atoms with Crippen molar-refractivity contribution in [1.29, 1.82) is 0 Å². The van der Waals surface area contributed by atoms with Gasteiger partial charge in [-0.2, -0.15) is 0 Å². The Hall–Kier alpha value is -1.34. The molecule has 1 saturated carbocycles. The lowest BCUT2D eigenvalue weighted by Crippen LogP contribution is -2.13. The molecule has 0 aromatic heterocycles. The van der Waals surface area contributed by atoms with Crippen LogP contribution in [0.2, 0.25) is 0 Å². The molecule has 0 heterocycles. The molecule has 0 aliphatic heterocycles. The molecule has 0 amide bonds. The first-order valence-electron chi connectivity index (χ1n) is 9.22. The zero-order valence-electron chi connectivity index (χ0n) is 14.7. The predicted octanol–water partition coefficient (Wildman–Crippen LogP) is 6.41. The third-order valence-electron chi connectivity index (χ3n) is 5.01. The number of hydrogen-bond donors (Lipinski definition) is 0. The Labute approximate surface area is 142 Å². The molecule has 0 radical (unpaired) electrons. The largest absolute Gasteiger partial charge is 0.376 e. The van der Waals surface area contributed by atoms with Crippen molar-refractivity contribution in [2.75, 3.05) is 6.61 Å². The van der Waals surface area contributed by atoms with Crippen molar-refractivity contribution in [2.45, 2.75) is 64.4 Å². The summed E-state index contributed by atoms with van der Waals surface area (Å²) in [6.45, 7) is 7.42. The Kier molecular flexibility index (Phi) is 8.17. The van der Waals surface area contributed by atoms with Crippen LogP contribution in [0.25, 0.3) is 0 Å². The summed E-state index contributed by atoms with van der Waals surface area (Å²) < 4.78 is 5.70. The summed E-state index contributed by atoms with van der Waals surface area (Å²) in [5.74, 6) is 1.69. The molecule has 1 nitrogen and oxygen atoms in total. The molecule has 1 aromatic carbocycles. The van der Waals surface area contributed by atoms with E-state index in [2.05, 4.69) is 49.1 Å². The Morgan fingerprint density at radius 2 is 1.83 bits per heavy atom. The molecule has 0 atom stereocenters. The highest BCUT2D eigenvalue weighted by Crippen LogP contribution is 2.37. The van der Waals surface area contributed by atoms with E-state index in [1.54, 1.807) is 0 Å². The Balaban J connectivity index is 1.73. The van der Waals surface area contributed by atoms with Gasteiger partial charge in [-0.15, -0.1) is 6.58 Å². The SMILES string of the molecule is C=CCC[C@H]1CC[C@H](c2ccc(COCCC=CC)cc2)CC1. The molecule has 1 heteroatoms. The maximum Gasteiger partial charge on any atom is 0.0717 e. The highest BCUT2D eigenvalue weighted by atomic mass is 16.5. The predicted molar refractivity (Wildman–Crippen MR) is 99.7 cm³/mol. The third-order valence-corrected chi connectivity index (χ3v) is 5.01. The van der Waals surface area contributed by atoms with Gasteiger partial charge in [-0.1, -0.05) is 42.5 Å². The molecular weight excluding hydrogens is 280 g/mol. The van der Waals surface area contributed by atoms with Gasteiger partial charge in [0.1, 0.15) is 0 Å². The van der Waals surface area contributed by atoms with Gasteiger partial charge in [0, 0.05) is 0 Å². The van der Waals surface area contributed by atoms with Crippen LogP contribution in [0, 0.1) is 5.92 Å². The molecule has 2 rings (SSSR count). The number of allylic oxidation sites excluding steroid dienone is 2. The quantitative estimate of drug-likeness (QED) is 0.378. The van der Waals surface area contributed by atoms with Gasteiger partial charge in [-0.3, -0.25) is 0 Å². The molecule has 0 saturated heterocycles. The Morgan fingerprint density at radius 3 is 2.48 bits per heavy atom. The Bertz CT molecular complexity index is 463. The number of hydrogen-bond acceptors (Lipinski definition) is 1. The van der Waals surface area contributed by atoms with Crippen LogP contribution in [0.1, 0.15) is 68.9 Å². The zero-order valence-corrected chi connectivity index (χ0v) is 14.7. The second kappa shape index (κ2) is 10.4. The van der Waals surface area contributed by atoms with Crippen molar-refractivity contribution < 1.29 is 4.74 Å². The minimum absolute atomic E-state index is 0.728. The van der Waals surface area contributed by atoms with E-state index in [1.807, 2.05) is 6.92 Å². The second-order valence-corrected chi connectivity index (χ2v) is 6.74. The Morgan fingerprint density at radius 1 is 1.09 bits per heavy atom. The highest BCUT2D eigenvalue weighted by molar-refractivity contribution is 5.25. The molecule has 1 aliphatic rings. The van der Waals surface area contributed by atoms with Crippen molar-refractivity contribution in [3.05, 3.63) is 60.2 Å². The molecule has 0 N–H and O–H groups in total. The summed E-state index contributed by atoms with van der Waals surface area (Å²) in [6.07, 6.45) is 15.3. The molecule has 1 aliphatic carbocycles. The summed E-state index contributed by atoms with van der Waals surface area (Å²) in [6, 6.07) is 9.13. The first kappa shape index (κ1) is 18.0. The smallest absolute Gasteiger partial charge is 0.0717 e. The standard InChI is InChI=1S/C22H32O/c1-3-5-7-17-23-18-20-11-15-22(16-12-20)21-13-9-19(10-14-21)8-6-4-2/h3-5,11-12,15-16,19,21H,2,6-10,13-14,17-18H2,1H3/t19-,21-. The first-order chi connectivity index (χ1) is 11.3. The fraction of sp³-hybridized carbons (Fsp3) is 0.545. The molecule has 0 spiro atoms. The number of rotatable bonds is 9. The van der Waals surface area contributed by atoms with E-state index >= 15 is 0 Å². The van der Waals surface area contributed by atoms with Gasteiger partial charge in [0.05, 0.1) is 13.2 Å². The molecular formula is C22H32O. The van der Waals surface area contributed by atoms with Crippen LogP contribution in [0.3, 0.4) is 0 Å². The fourth-order valence-corrected chi connectivity index (χ4v) is 3.53. The van der Waals surface area contributed by atoms with E-state index in [1.165, 1.54) is 49.7 Å². The summed E-state index contributed by atoms with van der Waals surface area (Å²) in [4.78, 5) is 0. The van der Waals surface area contributed by atoms with Crippen molar-refractivity contribution in [1.82, 2.24) is 0 Å². The summed E-state index contributed by atoms with van der Waals surface area (Å²) >= 11 is 0. The minimum Gasteiger partial charge on any atom is -0.376 e. The number of ether oxygens (including phenoxy) is 1. The van der Waals surface area contributed by atoms with Gasteiger partial charge in [0.15, 0.2) is 0 Å². The van der Waals surface area contributed by atoms with Gasteiger partial charge in [0.2, 0.25) is 0 Å². The second-order valence-electron chi connectivity index (χ2n) is 6.74. The molecule has 0 bridgehead atoms. The molecule has 23 heavy (non-hydrogen) atoms. The number of benzene rings is 1.